The van der Waals surface area contributed by atoms with Crippen LogP contribution in [0.1, 0.15) is 18.1 Å². The van der Waals surface area contributed by atoms with Crippen molar-refractivity contribution in [1.82, 2.24) is 0 Å². The molecule has 1 aliphatic carbocycles. The first-order chi connectivity index (χ1) is 7.33. The van der Waals surface area contributed by atoms with Crippen LogP contribution in [0.2, 0.25) is 0 Å². The highest BCUT2D eigenvalue weighted by molar-refractivity contribution is 6.15. The first-order valence-corrected chi connectivity index (χ1v) is 5.18. The summed E-state index contributed by atoms with van der Waals surface area (Å²) in [5, 5.41) is 2.70. The lowest BCUT2D eigenvalue weighted by Gasteiger charge is -2.01. The van der Waals surface area contributed by atoms with Gasteiger partial charge in [-0.05, 0) is 40.0 Å². The monoisotopic (exact) mass is 192 g/mol. The van der Waals surface area contributed by atoms with Gasteiger partial charge in [0.1, 0.15) is 0 Å². The molecule has 0 unspecified atom stereocenters. The highest BCUT2D eigenvalue weighted by Crippen LogP contribution is 2.41. The van der Waals surface area contributed by atoms with Crippen LogP contribution in [-0.4, -0.2) is 0 Å². The van der Waals surface area contributed by atoms with Gasteiger partial charge in [0.2, 0.25) is 0 Å². The molecule has 0 aromatic heterocycles. The largest absolute Gasteiger partial charge is 0.0984 e. The maximum Gasteiger partial charge on any atom is -0.00299 e. The van der Waals surface area contributed by atoms with Crippen molar-refractivity contribution in [3.63, 3.8) is 0 Å². The van der Waals surface area contributed by atoms with E-state index >= 15 is 0 Å². The van der Waals surface area contributed by atoms with E-state index in [-0.39, 0.29) is 0 Å². The van der Waals surface area contributed by atoms with Crippen LogP contribution in [0.15, 0.2) is 49.1 Å². The summed E-state index contributed by atoms with van der Waals surface area (Å²) in [4.78, 5) is 0. The zero-order valence-corrected chi connectivity index (χ0v) is 8.75. The number of hydrogen-bond donors (Lipinski definition) is 0. The maximum absolute atomic E-state index is 3.91. The van der Waals surface area contributed by atoms with E-state index < -0.39 is 0 Å². The van der Waals surface area contributed by atoms with E-state index in [1.54, 1.807) is 0 Å². The second-order valence-corrected chi connectivity index (χ2v) is 3.95. The molecule has 3 rings (SSSR count). The maximum atomic E-state index is 3.91. The average Bonchev–Trinajstić information content (AvgIpc) is 2.55. The van der Waals surface area contributed by atoms with Gasteiger partial charge < -0.3 is 0 Å². The predicted molar refractivity (Wildman–Crippen MR) is 66.6 cm³/mol. The summed E-state index contributed by atoms with van der Waals surface area (Å²) in [7, 11) is 0. The molecule has 2 aromatic carbocycles. The van der Waals surface area contributed by atoms with Gasteiger partial charge in [-0.1, -0.05) is 49.1 Å². The zero-order chi connectivity index (χ0) is 10.4. The Labute approximate surface area is 89.6 Å². The Morgan fingerprint density at radius 1 is 1.00 bits per heavy atom. The summed E-state index contributed by atoms with van der Waals surface area (Å²) in [6.45, 7) is 6.08. The van der Waals surface area contributed by atoms with Gasteiger partial charge in [-0.2, -0.15) is 0 Å². The van der Waals surface area contributed by atoms with Crippen LogP contribution >= 0.6 is 0 Å². The Morgan fingerprint density at radius 3 is 2.33 bits per heavy atom. The van der Waals surface area contributed by atoms with Crippen molar-refractivity contribution in [1.29, 1.82) is 0 Å². The van der Waals surface area contributed by atoms with E-state index in [0.29, 0.717) is 0 Å². The van der Waals surface area contributed by atoms with E-state index in [2.05, 4.69) is 49.9 Å². The molecule has 0 heterocycles. The molecule has 0 nitrogen and oxygen atoms in total. The van der Waals surface area contributed by atoms with Crippen molar-refractivity contribution in [2.75, 3.05) is 0 Å². The SMILES string of the molecule is C=CC1=C(C)c2cccc3cccc1c23. The smallest absolute Gasteiger partial charge is 0.00299 e. The van der Waals surface area contributed by atoms with Crippen molar-refractivity contribution in [3.05, 3.63) is 60.2 Å². The minimum atomic E-state index is 1.28. The standard InChI is InChI=1S/C15H12/c1-3-12-10(2)13-8-4-6-11-7-5-9-14(12)15(11)13/h3-9H,1H2,2H3. The van der Waals surface area contributed by atoms with Crippen LogP contribution in [0.3, 0.4) is 0 Å². The van der Waals surface area contributed by atoms with Crippen molar-refractivity contribution in [2.24, 2.45) is 0 Å². The zero-order valence-electron chi connectivity index (χ0n) is 8.75. The highest BCUT2D eigenvalue weighted by atomic mass is 14.2. The fraction of sp³-hybridized carbons (Fsp3) is 0.0667. The highest BCUT2D eigenvalue weighted by Gasteiger charge is 2.18. The van der Waals surface area contributed by atoms with E-state index in [0.717, 1.165) is 0 Å². The molecule has 0 radical (unpaired) electrons. The van der Waals surface area contributed by atoms with E-state index in [1.165, 1.54) is 33.0 Å². The molecule has 0 amide bonds. The van der Waals surface area contributed by atoms with Gasteiger partial charge in [0, 0.05) is 0 Å². The topological polar surface area (TPSA) is 0 Å². The van der Waals surface area contributed by atoms with Crippen LogP contribution in [0, 0.1) is 0 Å². The van der Waals surface area contributed by atoms with Gasteiger partial charge in [0.25, 0.3) is 0 Å². The van der Waals surface area contributed by atoms with Gasteiger partial charge in [0.15, 0.2) is 0 Å². The summed E-state index contributed by atoms with van der Waals surface area (Å²) in [5.41, 5.74) is 5.31. The molecule has 0 saturated heterocycles. The molecule has 0 bridgehead atoms. The molecule has 15 heavy (non-hydrogen) atoms. The van der Waals surface area contributed by atoms with Gasteiger partial charge in [-0.25, -0.2) is 0 Å². The molecule has 0 aliphatic heterocycles. The summed E-state index contributed by atoms with van der Waals surface area (Å²) in [5.74, 6) is 0. The van der Waals surface area contributed by atoms with Crippen LogP contribution in [0.4, 0.5) is 0 Å². The molecular formula is C15H12. The van der Waals surface area contributed by atoms with Crippen LogP contribution < -0.4 is 0 Å². The van der Waals surface area contributed by atoms with E-state index in [4.69, 9.17) is 0 Å². The average molecular weight is 192 g/mol. The minimum Gasteiger partial charge on any atom is -0.0984 e. The summed E-state index contributed by atoms with van der Waals surface area (Å²) >= 11 is 0. The summed E-state index contributed by atoms with van der Waals surface area (Å²) in [6.07, 6.45) is 1.96. The Kier molecular flexibility index (Phi) is 1.60. The van der Waals surface area contributed by atoms with E-state index in [1.807, 2.05) is 6.08 Å². The number of hydrogen-bond acceptors (Lipinski definition) is 0. The lowest BCUT2D eigenvalue weighted by molar-refractivity contribution is 1.67. The molecule has 0 atom stereocenters. The summed E-state index contributed by atoms with van der Waals surface area (Å²) in [6, 6.07) is 12.9. The molecule has 72 valence electrons. The third-order valence-corrected chi connectivity index (χ3v) is 3.21. The first-order valence-electron chi connectivity index (χ1n) is 5.18. The lowest BCUT2D eigenvalue weighted by Crippen LogP contribution is -1.78. The fourth-order valence-electron chi connectivity index (χ4n) is 2.49. The van der Waals surface area contributed by atoms with Crippen molar-refractivity contribution >= 4 is 21.9 Å². The van der Waals surface area contributed by atoms with E-state index in [9.17, 15) is 0 Å². The Bertz CT molecular complexity index is 595. The van der Waals surface area contributed by atoms with Gasteiger partial charge in [-0.15, -0.1) is 0 Å². The summed E-state index contributed by atoms with van der Waals surface area (Å²) < 4.78 is 0. The third kappa shape index (κ3) is 0.964. The van der Waals surface area contributed by atoms with Crippen molar-refractivity contribution in [2.45, 2.75) is 6.92 Å². The number of benzene rings is 2. The molecule has 0 fully saturated rings. The third-order valence-electron chi connectivity index (χ3n) is 3.21. The molecule has 1 aliphatic rings. The first kappa shape index (κ1) is 8.49. The fourth-order valence-corrected chi connectivity index (χ4v) is 2.49. The molecule has 2 aromatic rings. The van der Waals surface area contributed by atoms with Crippen LogP contribution in [0.5, 0.6) is 0 Å². The second kappa shape index (κ2) is 2.83. The Morgan fingerprint density at radius 2 is 1.67 bits per heavy atom. The van der Waals surface area contributed by atoms with Crippen LogP contribution in [0.25, 0.3) is 21.9 Å². The van der Waals surface area contributed by atoms with Gasteiger partial charge in [0.05, 0.1) is 0 Å². The quantitative estimate of drug-likeness (QED) is 0.633. The van der Waals surface area contributed by atoms with Crippen LogP contribution in [-0.2, 0) is 0 Å². The van der Waals surface area contributed by atoms with Gasteiger partial charge >= 0.3 is 0 Å². The molecule has 0 spiro atoms. The minimum absolute atomic E-state index is 1.28. The predicted octanol–water partition coefficient (Wildman–Crippen LogP) is 4.27. The lowest BCUT2D eigenvalue weighted by atomic mass is 10.0. The molecule has 0 heteroatoms. The Hall–Kier alpha value is -1.82. The molecule has 0 saturated carbocycles. The molecular weight excluding hydrogens is 180 g/mol. The van der Waals surface area contributed by atoms with Crippen molar-refractivity contribution < 1.29 is 0 Å². The van der Waals surface area contributed by atoms with Gasteiger partial charge in [-0.3, -0.25) is 0 Å². The number of allylic oxidation sites excluding steroid dienone is 3. The molecule has 0 N–H and O–H groups in total. The second-order valence-electron chi connectivity index (χ2n) is 3.95. The Balaban J connectivity index is 2.55. The van der Waals surface area contributed by atoms with Crippen molar-refractivity contribution in [3.8, 4) is 0 Å². The normalized spacial score (nSPS) is 13.7. The number of rotatable bonds is 1.